The standard InChI is InChI=1S/C21H25NO7/c1-5-28-20(25)16-12(3)22-15(11-23)18(21(26)29-6-2)17(16)13-9-7-8-10-14(13)19(24)27-4/h7-10,17,22-23H,5-6,11H2,1-4H3. The highest BCUT2D eigenvalue weighted by Crippen LogP contribution is 2.40. The highest BCUT2D eigenvalue weighted by atomic mass is 16.5. The third kappa shape index (κ3) is 4.48. The number of allylic oxidation sites excluding steroid dienone is 1. The first kappa shape index (κ1) is 22.2. The molecule has 1 aliphatic heterocycles. The zero-order valence-electron chi connectivity index (χ0n) is 16.9. The Kier molecular flexibility index (Phi) is 7.55. The number of carbonyl (C=O) groups excluding carboxylic acids is 3. The van der Waals surface area contributed by atoms with Crippen LogP contribution in [0.1, 0.15) is 42.6 Å². The number of carbonyl (C=O) groups is 3. The predicted molar refractivity (Wildman–Crippen MR) is 104 cm³/mol. The Bertz CT molecular complexity index is 870. The van der Waals surface area contributed by atoms with Crippen molar-refractivity contribution in [3.8, 4) is 0 Å². The maximum atomic E-state index is 12.8. The molecular formula is C21H25NO7. The topological polar surface area (TPSA) is 111 Å². The minimum Gasteiger partial charge on any atom is -0.465 e. The fraction of sp³-hybridized carbons (Fsp3) is 0.381. The second kappa shape index (κ2) is 9.88. The highest BCUT2D eigenvalue weighted by molar-refractivity contribution is 6.01. The van der Waals surface area contributed by atoms with Gasteiger partial charge in [-0.2, -0.15) is 0 Å². The summed E-state index contributed by atoms with van der Waals surface area (Å²) in [6.07, 6.45) is 0. The quantitative estimate of drug-likeness (QED) is 0.524. The molecule has 1 aliphatic rings. The van der Waals surface area contributed by atoms with E-state index in [4.69, 9.17) is 14.2 Å². The lowest BCUT2D eigenvalue weighted by Gasteiger charge is -2.31. The summed E-state index contributed by atoms with van der Waals surface area (Å²) in [5.41, 5.74) is 1.36. The van der Waals surface area contributed by atoms with Crippen molar-refractivity contribution in [3.05, 3.63) is 57.9 Å². The first-order chi connectivity index (χ1) is 13.9. The van der Waals surface area contributed by atoms with Crippen LogP contribution in [0.3, 0.4) is 0 Å². The van der Waals surface area contributed by atoms with E-state index in [-0.39, 0.29) is 35.6 Å². The number of rotatable bonds is 7. The van der Waals surface area contributed by atoms with Crippen LogP contribution < -0.4 is 5.32 Å². The first-order valence-electron chi connectivity index (χ1n) is 9.24. The number of hydrogen-bond donors (Lipinski definition) is 2. The van der Waals surface area contributed by atoms with Gasteiger partial charge in [0.05, 0.1) is 55.3 Å². The second-order valence-corrected chi connectivity index (χ2v) is 6.17. The summed E-state index contributed by atoms with van der Waals surface area (Å²) in [5, 5.41) is 12.8. The third-order valence-electron chi connectivity index (χ3n) is 4.47. The number of aliphatic hydroxyl groups is 1. The molecule has 2 N–H and O–H groups in total. The molecule has 0 saturated heterocycles. The molecule has 1 unspecified atom stereocenters. The van der Waals surface area contributed by atoms with Crippen molar-refractivity contribution in [1.29, 1.82) is 0 Å². The molecule has 1 atom stereocenters. The monoisotopic (exact) mass is 403 g/mol. The summed E-state index contributed by atoms with van der Waals surface area (Å²) in [7, 11) is 1.25. The van der Waals surface area contributed by atoms with Crippen LogP contribution in [0.5, 0.6) is 0 Å². The Balaban J connectivity index is 2.80. The van der Waals surface area contributed by atoms with Gasteiger partial charge >= 0.3 is 17.9 Å². The van der Waals surface area contributed by atoms with Gasteiger partial charge in [0.1, 0.15) is 0 Å². The number of dihydropyridines is 1. The van der Waals surface area contributed by atoms with Crippen LogP contribution in [-0.4, -0.2) is 49.9 Å². The molecule has 156 valence electrons. The van der Waals surface area contributed by atoms with E-state index < -0.39 is 30.4 Å². The lowest BCUT2D eigenvalue weighted by molar-refractivity contribution is -0.139. The van der Waals surface area contributed by atoms with Gasteiger partial charge in [0.2, 0.25) is 0 Å². The summed E-state index contributed by atoms with van der Waals surface area (Å²) in [5.74, 6) is -2.94. The largest absolute Gasteiger partial charge is 0.465 e. The molecule has 1 aromatic carbocycles. The molecule has 1 heterocycles. The summed E-state index contributed by atoms with van der Waals surface area (Å²) in [6, 6.07) is 6.51. The normalized spacial score (nSPS) is 16.2. The van der Waals surface area contributed by atoms with Crippen LogP contribution in [-0.2, 0) is 23.8 Å². The van der Waals surface area contributed by atoms with Crippen LogP contribution in [0.15, 0.2) is 46.8 Å². The van der Waals surface area contributed by atoms with Crippen molar-refractivity contribution in [2.24, 2.45) is 0 Å². The van der Waals surface area contributed by atoms with E-state index in [0.29, 0.717) is 11.3 Å². The molecule has 2 rings (SSSR count). The van der Waals surface area contributed by atoms with E-state index in [0.717, 1.165) is 0 Å². The van der Waals surface area contributed by atoms with Gasteiger partial charge in [0.25, 0.3) is 0 Å². The van der Waals surface area contributed by atoms with Crippen LogP contribution in [0.25, 0.3) is 0 Å². The van der Waals surface area contributed by atoms with E-state index in [9.17, 15) is 19.5 Å². The summed E-state index contributed by atoms with van der Waals surface area (Å²) in [6.45, 7) is 4.70. The van der Waals surface area contributed by atoms with Crippen molar-refractivity contribution in [2.75, 3.05) is 26.9 Å². The molecule has 1 aromatic rings. The molecule has 8 heteroatoms. The van der Waals surface area contributed by atoms with Crippen molar-refractivity contribution in [3.63, 3.8) is 0 Å². The fourth-order valence-electron chi connectivity index (χ4n) is 3.31. The lowest BCUT2D eigenvalue weighted by atomic mass is 9.78. The molecular weight excluding hydrogens is 378 g/mol. The summed E-state index contributed by atoms with van der Waals surface area (Å²) >= 11 is 0. The molecule has 0 aliphatic carbocycles. The Morgan fingerprint density at radius 2 is 1.59 bits per heavy atom. The highest BCUT2D eigenvalue weighted by Gasteiger charge is 2.40. The smallest absolute Gasteiger partial charge is 0.338 e. The number of hydrogen-bond acceptors (Lipinski definition) is 8. The molecule has 0 saturated carbocycles. The lowest BCUT2D eigenvalue weighted by Crippen LogP contribution is -2.35. The van der Waals surface area contributed by atoms with E-state index in [2.05, 4.69) is 5.32 Å². The summed E-state index contributed by atoms with van der Waals surface area (Å²) < 4.78 is 15.2. The molecule has 29 heavy (non-hydrogen) atoms. The average Bonchev–Trinajstić information content (AvgIpc) is 2.72. The summed E-state index contributed by atoms with van der Waals surface area (Å²) in [4.78, 5) is 38.0. The molecule has 0 amide bonds. The van der Waals surface area contributed by atoms with Gasteiger partial charge in [0, 0.05) is 5.70 Å². The average molecular weight is 403 g/mol. The Morgan fingerprint density at radius 1 is 1.00 bits per heavy atom. The van der Waals surface area contributed by atoms with Gasteiger partial charge in [-0.25, -0.2) is 14.4 Å². The van der Waals surface area contributed by atoms with Crippen molar-refractivity contribution >= 4 is 17.9 Å². The van der Waals surface area contributed by atoms with E-state index in [1.54, 1.807) is 45.0 Å². The predicted octanol–water partition coefficient (Wildman–Crippen LogP) is 1.81. The number of nitrogens with one attached hydrogen (secondary N) is 1. The number of esters is 3. The Labute approximate surface area is 169 Å². The van der Waals surface area contributed by atoms with E-state index in [1.807, 2.05) is 0 Å². The fourth-order valence-corrected chi connectivity index (χ4v) is 3.31. The van der Waals surface area contributed by atoms with E-state index in [1.165, 1.54) is 7.11 Å². The number of aliphatic hydroxyl groups excluding tert-OH is 1. The van der Waals surface area contributed by atoms with Gasteiger partial charge in [0.15, 0.2) is 0 Å². The van der Waals surface area contributed by atoms with Gasteiger partial charge in [-0.05, 0) is 32.4 Å². The van der Waals surface area contributed by atoms with Crippen LogP contribution in [0.2, 0.25) is 0 Å². The van der Waals surface area contributed by atoms with Crippen molar-refractivity contribution < 1.29 is 33.7 Å². The van der Waals surface area contributed by atoms with Gasteiger partial charge in [-0.15, -0.1) is 0 Å². The second-order valence-electron chi connectivity index (χ2n) is 6.17. The van der Waals surface area contributed by atoms with Gasteiger partial charge in [-0.3, -0.25) is 0 Å². The van der Waals surface area contributed by atoms with Gasteiger partial charge < -0.3 is 24.6 Å². The molecule has 8 nitrogen and oxygen atoms in total. The maximum absolute atomic E-state index is 12.8. The number of methoxy groups -OCH3 is 1. The zero-order valence-corrected chi connectivity index (χ0v) is 16.9. The molecule has 0 spiro atoms. The maximum Gasteiger partial charge on any atom is 0.338 e. The van der Waals surface area contributed by atoms with Gasteiger partial charge in [-0.1, -0.05) is 18.2 Å². The molecule has 0 radical (unpaired) electrons. The first-order valence-corrected chi connectivity index (χ1v) is 9.24. The minimum absolute atomic E-state index is 0.0411. The molecule has 0 aromatic heterocycles. The molecule has 0 bridgehead atoms. The Hall–Kier alpha value is -3.13. The van der Waals surface area contributed by atoms with Crippen LogP contribution >= 0.6 is 0 Å². The van der Waals surface area contributed by atoms with Crippen LogP contribution in [0, 0.1) is 0 Å². The molecule has 0 fully saturated rings. The van der Waals surface area contributed by atoms with E-state index >= 15 is 0 Å². The zero-order chi connectivity index (χ0) is 21.6. The SMILES string of the molecule is CCOC(=O)C1=C(C)NC(CO)=C(C(=O)OCC)C1c1ccccc1C(=O)OC. The minimum atomic E-state index is -0.980. The van der Waals surface area contributed by atoms with Crippen LogP contribution in [0.4, 0.5) is 0 Å². The number of benzene rings is 1. The Morgan fingerprint density at radius 3 is 2.14 bits per heavy atom. The third-order valence-corrected chi connectivity index (χ3v) is 4.47. The number of ether oxygens (including phenoxy) is 3. The van der Waals surface area contributed by atoms with Crippen molar-refractivity contribution in [2.45, 2.75) is 26.7 Å². The van der Waals surface area contributed by atoms with Crippen molar-refractivity contribution in [1.82, 2.24) is 5.32 Å².